The van der Waals surface area contributed by atoms with Crippen molar-refractivity contribution in [1.29, 1.82) is 0 Å². The summed E-state index contributed by atoms with van der Waals surface area (Å²) < 4.78 is 9.97. The van der Waals surface area contributed by atoms with Crippen LogP contribution in [0, 0.1) is 0 Å². The van der Waals surface area contributed by atoms with Gasteiger partial charge >= 0.3 is 12.1 Å². The van der Waals surface area contributed by atoms with Crippen molar-refractivity contribution in [2.75, 3.05) is 7.11 Å². The number of phenols is 1. The van der Waals surface area contributed by atoms with Crippen LogP contribution in [0.2, 0.25) is 0 Å². The Morgan fingerprint density at radius 2 is 1.68 bits per heavy atom. The van der Waals surface area contributed by atoms with Crippen LogP contribution < -0.4 is 5.32 Å². The van der Waals surface area contributed by atoms with Gasteiger partial charge in [0.15, 0.2) is 0 Å². The molecule has 2 N–H and O–H groups in total. The molecule has 122 valence electrons. The Morgan fingerprint density at radius 1 is 1.14 bits per heavy atom. The summed E-state index contributed by atoms with van der Waals surface area (Å²) in [5.74, 6) is -0.449. The lowest BCUT2D eigenvalue weighted by Gasteiger charge is -2.29. The molecule has 22 heavy (non-hydrogen) atoms. The van der Waals surface area contributed by atoms with Gasteiger partial charge in [-0.15, -0.1) is 0 Å². The number of phenolic OH excluding ortho intramolecular Hbond substituents is 1. The average molecular weight is 309 g/mol. The molecule has 0 aliphatic rings. The van der Waals surface area contributed by atoms with Gasteiger partial charge in [0.25, 0.3) is 0 Å². The Labute approximate surface area is 130 Å². The normalized spacial score (nSPS) is 13.9. The van der Waals surface area contributed by atoms with Gasteiger partial charge in [-0.1, -0.05) is 12.1 Å². The molecule has 0 aliphatic carbocycles. The zero-order chi connectivity index (χ0) is 17.0. The monoisotopic (exact) mass is 309 g/mol. The molecule has 1 atom stereocenters. The smallest absolute Gasteiger partial charge is 0.408 e. The number of alkyl carbamates (subject to hydrolysis) is 1. The molecule has 0 bridgehead atoms. The van der Waals surface area contributed by atoms with E-state index in [0.29, 0.717) is 0 Å². The molecular formula is C16H23NO5. The number of hydrogen-bond donors (Lipinski definition) is 2. The molecule has 0 aromatic heterocycles. The van der Waals surface area contributed by atoms with Crippen molar-refractivity contribution in [3.05, 3.63) is 29.8 Å². The number of carbonyl (C=O) groups excluding carboxylic acids is 2. The van der Waals surface area contributed by atoms with Crippen molar-refractivity contribution in [3.63, 3.8) is 0 Å². The molecular weight excluding hydrogens is 286 g/mol. The summed E-state index contributed by atoms with van der Waals surface area (Å²) in [7, 11) is 1.26. The van der Waals surface area contributed by atoms with Gasteiger partial charge < -0.3 is 19.9 Å². The largest absolute Gasteiger partial charge is 0.508 e. The van der Waals surface area contributed by atoms with E-state index in [-0.39, 0.29) is 12.2 Å². The number of benzene rings is 1. The topological polar surface area (TPSA) is 84.9 Å². The Balaban J connectivity index is 2.92. The van der Waals surface area contributed by atoms with Crippen LogP contribution in [-0.4, -0.2) is 35.4 Å². The molecule has 6 heteroatoms. The average Bonchev–Trinajstić information content (AvgIpc) is 2.38. The van der Waals surface area contributed by atoms with Crippen molar-refractivity contribution in [3.8, 4) is 5.75 Å². The van der Waals surface area contributed by atoms with Crippen LogP contribution in [0.15, 0.2) is 24.3 Å². The van der Waals surface area contributed by atoms with Crippen molar-refractivity contribution >= 4 is 12.1 Å². The third kappa shape index (κ3) is 5.27. The van der Waals surface area contributed by atoms with E-state index in [2.05, 4.69) is 5.32 Å². The van der Waals surface area contributed by atoms with Gasteiger partial charge in [0.2, 0.25) is 0 Å². The maximum Gasteiger partial charge on any atom is 0.408 e. The van der Waals surface area contributed by atoms with Crippen LogP contribution in [0.4, 0.5) is 4.79 Å². The second-order valence-electron chi connectivity index (χ2n) is 6.29. The number of nitrogens with one attached hydrogen (secondary N) is 1. The standard InChI is InChI=1S/C16H23NO5/c1-15(2,3)22-14(20)17-16(4,13(19)21-5)10-11-6-8-12(18)9-7-11/h6-9,18H,10H2,1-5H3,(H,17,20)/t16-/m0/s1. The Bertz CT molecular complexity index is 532. The summed E-state index contributed by atoms with van der Waals surface area (Å²) in [5, 5.41) is 11.9. The predicted molar refractivity (Wildman–Crippen MR) is 81.6 cm³/mol. The molecule has 0 spiro atoms. The quantitative estimate of drug-likeness (QED) is 0.834. The van der Waals surface area contributed by atoms with Crippen LogP contribution in [0.5, 0.6) is 5.75 Å². The molecule has 0 aliphatic heterocycles. The Hall–Kier alpha value is -2.24. The molecule has 1 rings (SSSR count). The first-order chi connectivity index (χ1) is 10.1. The van der Waals surface area contributed by atoms with Gasteiger partial charge in [-0.2, -0.15) is 0 Å². The highest BCUT2D eigenvalue weighted by molar-refractivity contribution is 5.85. The molecule has 0 unspecified atom stereocenters. The summed E-state index contributed by atoms with van der Waals surface area (Å²) in [5.41, 5.74) is -1.17. The number of methoxy groups -OCH3 is 1. The van der Waals surface area contributed by atoms with E-state index in [4.69, 9.17) is 9.47 Å². The van der Waals surface area contributed by atoms with Gasteiger partial charge in [-0.3, -0.25) is 0 Å². The lowest BCUT2D eigenvalue weighted by Crippen LogP contribution is -2.55. The van der Waals surface area contributed by atoms with Crippen LogP contribution in [-0.2, 0) is 20.7 Å². The van der Waals surface area contributed by atoms with Gasteiger partial charge in [0, 0.05) is 6.42 Å². The van der Waals surface area contributed by atoms with Crippen molar-refractivity contribution in [1.82, 2.24) is 5.32 Å². The molecule has 0 saturated carbocycles. The number of carbonyl (C=O) groups is 2. The fourth-order valence-electron chi connectivity index (χ4n) is 1.94. The first-order valence-corrected chi connectivity index (χ1v) is 6.93. The van der Waals surface area contributed by atoms with E-state index >= 15 is 0 Å². The molecule has 0 heterocycles. The number of aromatic hydroxyl groups is 1. The fourth-order valence-corrected chi connectivity index (χ4v) is 1.94. The number of esters is 1. The molecule has 6 nitrogen and oxygen atoms in total. The second-order valence-corrected chi connectivity index (χ2v) is 6.29. The minimum atomic E-state index is -1.27. The number of ether oxygens (including phenoxy) is 2. The Morgan fingerprint density at radius 3 is 2.14 bits per heavy atom. The molecule has 0 radical (unpaired) electrons. The second kappa shape index (κ2) is 6.68. The van der Waals surface area contributed by atoms with E-state index in [0.717, 1.165) is 5.56 Å². The van der Waals surface area contributed by atoms with Crippen molar-refractivity contribution < 1.29 is 24.2 Å². The zero-order valence-corrected chi connectivity index (χ0v) is 13.6. The minimum Gasteiger partial charge on any atom is -0.508 e. The maximum absolute atomic E-state index is 12.1. The summed E-state index contributed by atoms with van der Waals surface area (Å²) in [6.07, 6.45) is -0.488. The third-order valence-corrected chi connectivity index (χ3v) is 2.91. The number of hydrogen-bond acceptors (Lipinski definition) is 5. The van der Waals surface area contributed by atoms with E-state index in [1.165, 1.54) is 19.2 Å². The first-order valence-electron chi connectivity index (χ1n) is 6.93. The highest BCUT2D eigenvalue weighted by Gasteiger charge is 2.37. The summed E-state index contributed by atoms with van der Waals surface area (Å²) in [6, 6.07) is 6.38. The fraction of sp³-hybridized carbons (Fsp3) is 0.500. The van der Waals surface area contributed by atoms with Crippen molar-refractivity contribution in [2.45, 2.75) is 45.3 Å². The molecule has 0 fully saturated rings. The summed E-state index contributed by atoms with van der Waals surface area (Å²) >= 11 is 0. The molecule has 1 aromatic rings. The summed E-state index contributed by atoms with van der Waals surface area (Å²) in [4.78, 5) is 24.0. The van der Waals surface area contributed by atoms with Crippen LogP contribution in [0.1, 0.15) is 33.3 Å². The number of rotatable bonds is 4. The van der Waals surface area contributed by atoms with E-state index in [9.17, 15) is 14.7 Å². The van der Waals surface area contributed by atoms with Gasteiger partial charge in [0.1, 0.15) is 16.9 Å². The van der Waals surface area contributed by atoms with Crippen LogP contribution in [0.25, 0.3) is 0 Å². The number of amides is 1. The Kier molecular flexibility index (Phi) is 5.41. The maximum atomic E-state index is 12.1. The van der Waals surface area contributed by atoms with Gasteiger partial charge in [-0.05, 0) is 45.4 Å². The molecule has 0 saturated heterocycles. The van der Waals surface area contributed by atoms with Crippen molar-refractivity contribution in [2.24, 2.45) is 0 Å². The minimum absolute atomic E-state index is 0.128. The van der Waals surface area contributed by atoms with E-state index in [1.807, 2.05) is 0 Å². The highest BCUT2D eigenvalue weighted by Crippen LogP contribution is 2.19. The van der Waals surface area contributed by atoms with Crippen LogP contribution >= 0.6 is 0 Å². The van der Waals surface area contributed by atoms with Gasteiger partial charge in [-0.25, -0.2) is 9.59 Å². The third-order valence-electron chi connectivity index (χ3n) is 2.91. The lowest BCUT2D eigenvalue weighted by molar-refractivity contribution is -0.147. The van der Waals surface area contributed by atoms with E-state index < -0.39 is 23.2 Å². The zero-order valence-electron chi connectivity index (χ0n) is 13.6. The van der Waals surface area contributed by atoms with Crippen LogP contribution in [0.3, 0.4) is 0 Å². The SMILES string of the molecule is COC(=O)[C@](C)(Cc1ccc(O)cc1)NC(=O)OC(C)(C)C. The van der Waals surface area contributed by atoms with Gasteiger partial charge in [0.05, 0.1) is 7.11 Å². The molecule has 1 amide bonds. The summed E-state index contributed by atoms with van der Waals surface area (Å²) in [6.45, 7) is 6.78. The molecule has 1 aromatic carbocycles. The van der Waals surface area contributed by atoms with E-state index in [1.54, 1.807) is 39.8 Å². The predicted octanol–water partition coefficient (Wildman–Crippen LogP) is 2.39. The lowest BCUT2D eigenvalue weighted by atomic mass is 9.93. The highest BCUT2D eigenvalue weighted by atomic mass is 16.6. The first kappa shape index (κ1) is 17.8.